The van der Waals surface area contributed by atoms with Crippen molar-refractivity contribution in [3.8, 4) is 0 Å². The summed E-state index contributed by atoms with van der Waals surface area (Å²) in [5.41, 5.74) is 1.84. The lowest BCUT2D eigenvalue weighted by Crippen LogP contribution is -2.81. The van der Waals surface area contributed by atoms with Crippen molar-refractivity contribution < 1.29 is 14.9 Å². The summed E-state index contributed by atoms with van der Waals surface area (Å²) in [5.74, 6) is 0.144. The van der Waals surface area contributed by atoms with Crippen LogP contribution >= 0.6 is 0 Å². The van der Waals surface area contributed by atoms with E-state index in [9.17, 15) is 9.59 Å². The molecule has 1 aromatic carbocycles. The fraction of sp³-hybridized carbons (Fsp3) is 0.250. The molecule has 100 valence electrons. The number of carbonyl (C=O) groups is 2. The van der Waals surface area contributed by atoms with E-state index >= 15 is 0 Å². The first-order valence-electron chi connectivity index (χ1n) is 6.34. The fourth-order valence-electron chi connectivity index (χ4n) is 1.58. The van der Waals surface area contributed by atoms with Crippen molar-refractivity contribution in [2.45, 2.75) is 26.8 Å². The van der Waals surface area contributed by atoms with Crippen molar-refractivity contribution >= 4 is 11.6 Å². The highest BCUT2D eigenvalue weighted by Crippen LogP contribution is 1.96. The molecule has 3 heteroatoms. The van der Waals surface area contributed by atoms with Crippen LogP contribution < -0.4 is 5.32 Å². The topological polar surface area (TPSA) is 50.8 Å². The highest BCUT2D eigenvalue weighted by molar-refractivity contribution is 5.90. The smallest absolute Gasteiger partial charge is 0.212 e. The standard InChI is InChI=1S/C16H19NO2/c1-13(18)8-6-7-11-16(14(2)19)17-12-15-9-4-3-5-10-15/h3-7,9-11,17H,8,12H2,1-2H3/p+1/b7-6-,16-11-. The number of carbonyl (C=O) groups excluding carboxylic acids is 2. The van der Waals surface area contributed by atoms with Gasteiger partial charge in [-0.3, -0.25) is 9.59 Å². The molecule has 19 heavy (non-hydrogen) atoms. The van der Waals surface area contributed by atoms with Gasteiger partial charge in [-0.1, -0.05) is 42.5 Å². The number of benzene rings is 1. The number of ketones is 2. The van der Waals surface area contributed by atoms with Gasteiger partial charge in [0.25, 0.3) is 0 Å². The van der Waals surface area contributed by atoms with E-state index in [0.29, 0.717) is 12.1 Å². The Morgan fingerprint density at radius 1 is 1.16 bits per heavy atom. The van der Waals surface area contributed by atoms with Crippen molar-refractivity contribution in [3.63, 3.8) is 0 Å². The van der Waals surface area contributed by atoms with Gasteiger partial charge in [0, 0.05) is 25.0 Å². The number of rotatable bonds is 7. The summed E-state index contributed by atoms with van der Waals surface area (Å²) >= 11 is 0. The normalized spacial score (nSPS) is 11.8. The molecule has 0 aliphatic carbocycles. The summed E-state index contributed by atoms with van der Waals surface area (Å²) in [6, 6.07) is 9.98. The molecule has 0 aliphatic rings. The molecule has 0 saturated heterocycles. The van der Waals surface area contributed by atoms with Crippen LogP contribution in [0.3, 0.4) is 0 Å². The molecule has 0 unspecified atom stereocenters. The maximum absolute atomic E-state index is 11.5. The highest BCUT2D eigenvalue weighted by Gasteiger charge is 2.06. The number of Topliss-reactive ketones (excluding diaryl/α,β-unsaturated/α-hetero) is 2. The Morgan fingerprint density at radius 3 is 2.42 bits per heavy atom. The SMILES string of the molecule is CC(=O)C/C=C\C=C(/[NH2+]Cc1ccccc1)C(C)=O. The van der Waals surface area contributed by atoms with Crippen molar-refractivity contribution in [1.82, 2.24) is 0 Å². The quantitative estimate of drug-likeness (QED) is 0.598. The van der Waals surface area contributed by atoms with Crippen molar-refractivity contribution in [2.24, 2.45) is 0 Å². The molecule has 2 N–H and O–H groups in total. The lowest BCUT2D eigenvalue weighted by Gasteiger charge is -2.02. The molecule has 0 radical (unpaired) electrons. The van der Waals surface area contributed by atoms with Gasteiger partial charge in [-0.2, -0.15) is 0 Å². The van der Waals surface area contributed by atoms with Gasteiger partial charge in [-0.25, -0.2) is 0 Å². The molecule has 0 atom stereocenters. The highest BCUT2D eigenvalue weighted by atomic mass is 16.1. The van der Waals surface area contributed by atoms with Crippen LogP contribution in [0.4, 0.5) is 0 Å². The minimum Gasteiger partial charge on any atom is -0.307 e. The predicted molar refractivity (Wildman–Crippen MR) is 75.3 cm³/mol. The first-order valence-corrected chi connectivity index (χ1v) is 6.34. The predicted octanol–water partition coefficient (Wildman–Crippen LogP) is 1.76. The first-order chi connectivity index (χ1) is 9.09. The van der Waals surface area contributed by atoms with Crippen LogP contribution in [0.15, 0.2) is 54.3 Å². The van der Waals surface area contributed by atoms with Gasteiger partial charge in [-0.05, 0) is 6.92 Å². The van der Waals surface area contributed by atoms with Crippen LogP contribution in [0.1, 0.15) is 25.8 Å². The third kappa shape index (κ3) is 6.48. The van der Waals surface area contributed by atoms with Crippen LogP contribution in [0.5, 0.6) is 0 Å². The van der Waals surface area contributed by atoms with Crippen molar-refractivity contribution in [2.75, 3.05) is 0 Å². The Kier molecular flexibility index (Phi) is 6.47. The molecule has 0 heterocycles. The van der Waals surface area contributed by atoms with E-state index in [-0.39, 0.29) is 11.6 Å². The Balaban J connectivity index is 2.58. The summed E-state index contributed by atoms with van der Waals surface area (Å²) < 4.78 is 0. The molecule has 0 amide bonds. The average Bonchev–Trinajstić information content (AvgIpc) is 2.38. The minimum absolute atomic E-state index is 0.0309. The maximum Gasteiger partial charge on any atom is 0.212 e. The molecule has 1 aromatic rings. The van der Waals surface area contributed by atoms with Crippen LogP contribution in [-0.4, -0.2) is 11.6 Å². The van der Waals surface area contributed by atoms with Crippen LogP contribution in [0.25, 0.3) is 0 Å². The summed E-state index contributed by atoms with van der Waals surface area (Å²) in [5, 5.41) is 1.91. The Bertz CT molecular complexity index is 487. The van der Waals surface area contributed by atoms with Crippen LogP contribution in [0.2, 0.25) is 0 Å². The van der Waals surface area contributed by atoms with Gasteiger partial charge in [0.05, 0.1) is 0 Å². The second-order valence-electron chi connectivity index (χ2n) is 4.41. The molecule has 0 fully saturated rings. The first kappa shape index (κ1) is 15.1. The molecule has 0 aliphatic heterocycles. The number of hydrogen-bond donors (Lipinski definition) is 1. The van der Waals surface area contributed by atoms with E-state index < -0.39 is 0 Å². The average molecular weight is 258 g/mol. The van der Waals surface area contributed by atoms with Gasteiger partial charge in [0.15, 0.2) is 5.70 Å². The van der Waals surface area contributed by atoms with Crippen molar-refractivity contribution in [1.29, 1.82) is 0 Å². The van der Waals surface area contributed by atoms with Gasteiger partial charge < -0.3 is 5.32 Å². The zero-order valence-electron chi connectivity index (χ0n) is 11.4. The third-order valence-corrected chi connectivity index (χ3v) is 2.62. The zero-order valence-corrected chi connectivity index (χ0v) is 11.4. The molecular weight excluding hydrogens is 238 g/mol. The zero-order chi connectivity index (χ0) is 14.1. The summed E-state index contributed by atoms with van der Waals surface area (Å²) in [4.78, 5) is 22.3. The van der Waals surface area contributed by atoms with Crippen LogP contribution in [-0.2, 0) is 16.1 Å². The van der Waals surface area contributed by atoms with E-state index in [1.165, 1.54) is 5.56 Å². The molecule has 0 saturated carbocycles. The van der Waals surface area contributed by atoms with E-state index in [0.717, 1.165) is 6.54 Å². The fourth-order valence-corrected chi connectivity index (χ4v) is 1.58. The monoisotopic (exact) mass is 258 g/mol. The Morgan fingerprint density at radius 2 is 1.84 bits per heavy atom. The van der Waals surface area contributed by atoms with Gasteiger partial charge in [0.1, 0.15) is 12.3 Å². The minimum atomic E-state index is 0.0309. The van der Waals surface area contributed by atoms with Gasteiger partial charge in [0.2, 0.25) is 5.78 Å². The largest absolute Gasteiger partial charge is 0.307 e. The number of quaternary nitrogens is 1. The number of hydrogen-bond acceptors (Lipinski definition) is 2. The lowest BCUT2D eigenvalue weighted by atomic mass is 10.2. The van der Waals surface area contributed by atoms with Gasteiger partial charge >= 0.3 is 0 Å². The molecule has 0 bridgehead atoms. The Hall–Kier alpha value is -2.00. The van der Waals surface area contributed by atoms with Crippen LogP contribution in [0, 0.1) is 0 Å². The number of allylic oxidation sites excluding steroid dienone is 4. The molecule has 1 rings (SSSR count). The van der Waals surface area contributed by atoms with E-state index in [1.807, 2.05) is 35.6 Å². The lowest BCUT2D eigenvalue weighted by molar-refractivity contribution is -0.617. The van der Waals surface area contributed by atoms with Crippen molar-refractivity contribution in [3.05, 3.63) is 59.8 Å². The molecule has 3 nitrogen and oxygen atoms in total. The molecule has 0 spiro atoms. The molecule has 0 aromatic heterocycles. The second kappa shape index (κ2) is 8.16. The van der Waals surface area contributed by atoms with E-state index in [1.54, 1.807) is 32.1 Å². The maximum atomic E-state index is 11.5. The summed E-state index contributed by atoms with van der Waals surface area (Å²) in [7, 11) is 0. The summed E-state index contributed by atoms with van der Waals surface area (Å²) in [6.07, 6.45) is 5.69. The second-order valence-corrected chi connectivity index (χ2v) is 4.41. The van der Waals surface area contributed by atoms with Gasteiger partial charge in [-0.15, -0.1) is 0 Å². The summed E-state index contributed by atoms with van der Waals surface area (Å²) in [6.45, 7) is 3.82. The Labute approximate surface area is 114 Å². The van der Waals surface area contributed by atoms with E-state index in [2.05, 4.69) is 0 Å². The molecular formula is C16H20NO2+. The third-order valence-electron chi connectivity index (χ3n) is 2.62. The number of nitrogens with two attached hydrogens (primary N) is 1. The van der Waals surface area contributed by atoms with E-state index in [4.69, 9.17) is 0 Å².